The number of halogens is 1. The summed E-state index contributed by atoms with van der Waals surface area (Å²) < 4.78 is 0. The molecule has 1 saturated carbocycles. The lowest BCUT2D eigenvalue weighted by Gasteiger charge is -2.26. The van der Waals surface area contributed by atoms with Crippen LogP contribution in [0.1, 0.15) is 50.6 Å². The van der Waals surface area contributed by atoms with Crippen LogP contribution in [0.3, 0.4) is 0 Å². The van der Waals surface area contributed by atoms with Crippen LogP contribution in [0.25, 0.3) is 0 Å². The third kappa shape index (κ3) is 4.99. The summed E-state index contributed by atoms with van der Waals surface area (Å²) in [6.45, 7) is 3.31. The Balaban J connectivity index is 1.79. The van der Waals surface area contributed by atoms with E-state index in [4.69, 9.17) is 11.6 Å². The predicted octanol–water partition coefficient (Wildman–Crippen LogP) is 4.03. The maximum Gasteiger partial charge on any atom is 0.234 e. The largest absolute Gasteiger partial charge is 0.355 e. The first kappa shape index (κ1) is 17.3. The van der Waals surface area contributed by atoms with Gasteiger partial charge in [-0.15, -0.1) is 0 Å². The summed E-state index contributed by atoms with van der Waals surface area (Å²) >= 11 is 6.24. The minimum Gasteiger partial charge on any atom is -0.355 e. The van der Waals surface area contributed by atoms with E-state index in [1.807, 2.05) is 36.2 Å². The van der Waals surface area contributed by atoms with Crippen molar-refractivity contribution in [2.75, 3.05) is 20.1 Å². The van der Waals surface area contributed by atoms with Crippen molar-refractivity contribution in [2.45, 2.75) is 45.1 Å². The van der Waals surface area contributed by atoms with Crippen molar-refractivity contribution < 1.29 is 4.79 Å². The maximum atomic E-state index is 12.1. The zero-order valence-corrected chi connectivity index (χ0v) is 14.4. The van der Waals surface area contributed by atoms with Crippen LogP contribution in [-0.4, -0.2) is 30.9 Å². The lowest BCUT2D eigenvalue weighted by atomic mass is 9.89. The molecule has 1 atom stereocenters. The molecule has 1 fully saturated rings. The molecule has 2 rings (SSSR count). The zero-order valence-electron chi connectivity index (χ0n) is 13.6. The molecule has 1 N–H and O–H groups in total. The smallest absolute Gasteiger partial charge is 0.234 e. The van der Waals surface area contributed by atoms with Crippen molar-refractivity contribution >= 4 is 17.5 Å². The summed E-state index contributed by atoms with van der Waals surface area (Å²) in [5.41, 5.74) is 1.06. The van der Waals surface area contributed by atoms with Crippen molar-refractivity contribution in [2.24, 2.45) is 5.92 Å². The molecule has 0 bridgehead atoms. The standard InChI is InChI=1S/C18H27ClN2O/c1-14(16-10-6-7-11-17(16)19)21(2)13-18(22)20-12-15-8-4-3-5-9-15/h6-7,10-11,14-15H,3-5,8-9,12-13H2,1-2H3,(H,20,22). The molecule has 0 radical (unpaired) electrons. The molecule has 0 saturated heterocycles. The molecule has 1 aromatic rings. The molecule has 22 heavy (non-hydrogen) atoms. The summed E-state index contributed by atoms with van der Waals surface area (Å²) in [4.78, 5) is 14.2. The maximum absolute atomic E-state index is 12.1. The van der Waals surface area contributed by atoms with Gasteiger partial charge in [-0.3, -0.25) is 9.69 Å². The molecule has 0 aliphatic heterocycles. The predicted molar refractivity (Wildman–Crippen MR) is 92.1 cm³/mol. The van der Waals surface area contributed by atoms with E-state index in [2.05, 4.69) is 12.2 Å². The molecule has 0 aromatic heterocycles. The van der Waals surface area contributed by atoms with Crippen LogP contribution < -0.4 is 5.32 Å². The zero-order chi connectivity index (χ0) is 15.9. The fourth-order valence-electron chi connectivity index (χ4n) is 3.12. The van der Waals surface area contributed by atoms with Crippen LogP contribution in [-0.2, 0) is 4.79 Å². The van der Waals surface area contributed by atoms with E-state index in [-0.39, 0.29) is 11.9 Å². The van der Waals surface area contributed by atoms with Crippen molar-refractivity contribution in [1.29, 1.82) is 0 Å². The number of rotatable bonds is 6. The summed E-state index contributed by atoms with van der Waals surface area (Å²) in [7, 11) is 1.97. The number of nitrogens with one attached hydrogen (secondary N) is 1. The van der Waals surface area contributed by atoms with Gasteiger partial charge in [0.1, 0.15) is 0 Å². The van der Waals surface area contributed by atoms with Crippen LogP contribution >= 0.6 is 11.6 Å². The molecule has 3 nitrogen and oxygen atoms in total. The fourth-order valence-corrected chi connectivity index (χ4v) is 3.41. The normalized spacial score (nSPS) is 17.5. The summed E-state index contributed by atoms with van der Waals surface area (Å²) in [6.07, 6.45) is 6.48. The van der Waals surface area contributed by atoms with E-state index in [1.165, 1.54) is 32.1 Å². The Kier molecular flexibility index (Phi) is 6.71. The Morgan fingerprint density at radius 3 is 2.68 bits per heavy atom. The van der Waals surface area contributed by atoms with E-state index in [1.54, 1.807) is 0 Å². The van der Waals surface area contributed by atoms with Gasteiger partial charge in [-0.25, -0.2) is 0 Å². The number of amides is 1. The minimum absolute atomic E-state index is 0.104. The third-order valence-electron chi connectivity index (χ3n) is 4.72. The van der Waals surface area contributed by atoms with Crippen LogP contribution in [0.2, 0.25) is 5.02 Å². The highest BCUT2D eigenvalue weighted by Crippen LogP contribution is 2.26. The van der Waals surface area contributed by atoms with E-state index in [9.17, 15) is 4.79 Å². The molecule has 122 valence electrons. The molecule has 4 heteroatoms. The molecule has 1 aliphatic rings. The quantitative estimate of drug-likeness (QED) is 0.857. The van der Waals surface area contributed by atoms with E-state index >= 15 is 0 Å². The topological polar surface area (TPSA) is 32.3 Å². The second kappa shape index (κ2) is 8.54. The lowest BCUT2D eigenvalue weighted by molar-refractivity contribution is -0.122. The molecule has 1 unspecified atom stereocenters. The molecule has 0 spiro atoms. The van der Waals surface area contributed by atoms with Crippen LogP contribution in [0.4, 0.5) is 0 Å². The van der Waals surface area contributed by atoms with E-state index in [0.29, 0.717) is 12.5 Å². The molecule has 1 amide bonds. The Morgan fingerprint density at radius 1 is 1.32 bits per heavy atom. The highest BCUT2D eigenvalue weighted by atomic mass is 35.5. The van der Waals surface area contributed by atoms with Gasteiger partial charge < -0.3 is 5.32 Å². The van der Waals surface area contributed by atoms with Crippen molar-refractivity contribution in [3.05, 3.63) is 34.9 Å². The molecular weight excluding hydrogens is 296 g/mol. The number of likely N-dealkylation sites (N-methyl/N-ethyl adjacent to an activating group) is 1. The number of nitrogens with zero attached hydrogens (tertiary/aromatic N) is 1. The number of carbonyl (C=O) groups is 1. The molecule has 1 aromatic carbocycles. The van der Waals surface area contributed by atoms with Gasteiger partial charge >= 0.3 is 0 Å². The Morgan fingerprint density at radius 2 is 2.00 bits per heavy atom. The highest BCUT2D eigenvalue weighted by Gasteiger charge is 2.18. The van der Waals surface area contributed by atoms with Gasteiger partial charge in [0.05, 0.1) is 6.54 Å². The SMILES string of the molecule is CC(c1ccccc1Cl)N(C)CC(=O)NCC1CCCCC1. The van der Waals surface area contributed by atoms with Gasteiger partial charge in [-0.05, 0) is 44.4 Å². The molecule has 0 heterocycles. The fraction of sp³-hybridized carbons (Fsp3) is 0.611. The van der Waals surface area contributed by atoms with Gasteiger partial charge in [-0.1, -0.05) is 49.1 Å². The van der Waals surface area contributed by atoms with Crippen LogP contribution in [0.5, 0.6) is 0 Å². The van der Waals surface area contributed by atoms with Crippen LogP contribution in [0.15, 0.2) is 24.3 Å². The van der Waals surface area contributed by atoms with E-state index < -0.39 is 0 Å². The van der Waals surface area contributed by atoms with Crippen molar-refractivity contribution in [1.82, 2.24) is 10.2 Å². The molecule has 1 aliphatic carbocycles. The second-order valence-corrected chi connectivity index (χ2v) is 6.83. The second-order valence-electron chi connectivity index (χ2n) is 6.42. The number of benzene rings is 1. The van der Waals surface area contributed by atoms with Gasteiger partial charge in [0, 0.05) is 17.6 Å². The van der Waals surface area contributed by atoms with Crippen molar-refractivity contribution in [3.63, 3.8) is 0 Å². The number of hydrogen-bond acceptors (Lipinski definition) is 2. The summed E-state index contributed by atoms with van der Waals surface area (Å²) in [5.74, 6) is 0.774. The first-order chi connectivity index (χ1) is 10.6. The number of carbonyl (C=O) groups excluding carboxylic acids is 1. The van der Waals surface area contributed by atoms with Crippen LogP contribution in [0, 0.1) is 5.92 Å². The van der Waals surface area contributed by atoms with Gasteiger partial charge in [0.25, 0.3) is 0 Å². The lowest BCUT2D eigenvalue weighted by Crippen LogP contribution is -2.38. The molecular formula is C18H27ClN2O. The minimum atomic E-state index is 0.104. The summed E-state index contributed by atoms with van der Waals surface area (Å²) in [6, 6.07) is 7.94. The average Bonchev–Trinajstić information content (AvgIpc) is 2.53. The first-order valence-electron chi connectivity index (χ1n) is 8.29. The Labute approximate surface area is 139 Å². The Bertz CT molecular complexity index is 486. The highest BCUT2D eigenvalue weighted by molar-refractivity contribution is 6.31. The average molecular weight is 323 g/mol. The van der Waals surface area contributed by atoms with Gasteiger partial charge in [0.2, 0.25) is 5.91 Å². The Hall–Kier alpha value is -1.06. The first-order valence-corrected chi connectivity index (χ1v) is 8.67. The van der Waals surface area contributed by atoms with Crippen molar-refractivity contribution in [3.8, 4) is 0 Å². The monoisotopic (exact) mass is 322 g/mol. The van der Waals surface area contributed by atoms with Gasteiger partial charge in [0.15, 0.2) is 0 Å². The summed E-state index contributed by atoms with van der Waals surface area (Å²) in [5, 5.41) is 3.84. The van der Waals surface area contributed by atoms with E-state index in [0.717, 1.165) is 17.1 Å². The van der Waals surface area contributed by atoms with Gasteiger partial charge in [-0.2, -0.15) is 0 Å². The number of hydrogen-bond donors (Lipinski definition) is 1. The third-order valence-corrected chi connectivity index (χ3v) is 5.07.